The van der Waals surface area contributed by atoms with Crippen LogP contribution in [0.15, 0.2) is 54.9 Å². The number of thiocarbonyl (C=S) groups is 1. The van der Waals surface area contributed by atoms with Crippen LogP contribution in [0.5, 0.6) is 0 Å². The van der Waals surface area contributed by atoms with Crippen LogP contribution in [0.1, 0.15) is 15.9 Å². The van der Waals surface area contributed by atoms with Crippen molar-refractivity contribution in [2.75, 3.05) is 0 Å². The Bertz CT molecular complexity index is 503. The average Bonchev–Trinajstić information content (AvgIpc) is 2.55. The van der Waals surface area contributed by atoms with E-state index in [9.17, 15) is 4.79 Å². The Morgan fingerprint density at radius 2 is 1.80 bits per heavy atom. The Morgan fingerprint density at radius 3 is 2.40 bits per heavy atom. The van der Waals surface area contributed by atoms with Crippen molar-refractivity contribution in [3.05, 3.63) is 71.4 Å². The summed E-state index contributed by atoms with van der Waals surface area (Å²) in [6.45, 7) is 0. The molecule has 7 heteroatoms. The third-order valence-electron chi connectivity index (χ3n) is 2.20. The molecule has 1 amide bonds. The number of hydrogen-bond acceptors (Lipinski definition) is 3. The van der Waals surface area contributed by atoms with Gasteiger partial charge in [0.1, 0.15) is 0 Å². The van der Waals surface area contributed by atoms with Crippen LogP contribution >= 0.6 is 22.3 Å². The van der Waals surface area contributed by atoms with E-state index in [-0.39, 0.29) is 0 Å². The minimum atomic E-state index is -0.401. The van der Waals surface area contributed by atoms with E-state index in [2.05, 4.69) is 41.0 Å². The monoisotopic (exact) mass is 354 g/mol. The number of nitrogens with zero attached hydrogens (tertiary/aromatic N) is 2. The van der Waals surface area contributed by atoms with Crippen LogP contribution < -0.4 is 5.43 Å². The molecule has 0 unspecified atom stereocenters. The number of carbonyl (C=O) groups excluding carboxylic acids is 1. The van der Waals surface area contributed by atoms with Gasteiger partial charge in [-0.1, -0.05) is 42.5 Å². The third kappa shape index (κ3) is 5.27. The molecule has 0 spiro atoms. The first-order valence-electron chi connectivity index (χ1n) is 5.39. The van der Waals surface area contributed by atoms with E-state index >= 15 is 0 Å². The van der Waals surface area contributed by atoms with Crippen molar-refractivity contribution in [1.82, 2.24) is 10.4 Å². The van der Waals surface area contributed by atoms with Crippen molar-refractivity contribution in [3.8, 4) is 0 Å². The normalized spacial score (nSPS) is 8.95. The molecule has 0 bridgehead atoms. The number of pyridine rings is 1. The second-order valence-electron chi connectivity index (χ2n) is 3.47. The maximum atomic E-state index is 11.7. The van der Waals surface area contributed by atoms with Gasteiger partial charge in [0.2, 0.25) is 0 Å². The first kappa shape index (κ1) is 16.6. The van der Waals surface area contributed by atoms with Gasteiger partial charge in [0, 0.05) is 23.5 Å². The molecular weight excluding hydrogens is 345 g/mol. The standard InChI is InChI=1S/C13H11N3OS.ClH.Cu/c17-12(11-7-4-8-14-9-11)15-16-13(18)10-5-2-1-3-6-10;;/h1-9H,(H2,15,16,17,18);1H;/q;;+2/p-2. The number of hydrogen-bond donors (Lipinski definition) is 1. The molecule has 0 aliphatic heterocycles. The van der Waals surface area contributed by atoms with Gasteiger partial charge in [0.15, 0.2) is 0 Å². The number of aromatic nitrogens is 1. The number of halogens is 1. The van der Waals surface area contributed by atoms with E-state index in [1.807, 2.05) is 30.3 Å². The van der Waals surface area contributed by atoms with Crippen molar-refractivity contribution >= 4 is 33.2 Å². The van der Waals surface area contributed by atoms with E-state index in [1.165, 1.54) is 6.20 Å². The van der Waals surface area contributed by atoms with Crippen LogP contribution in [0.25, 0.3) is 5.43 Å². The average molecular weight is 355 g/mol. The predicted octanol–water partition coefficient (Wildman–Crippen LogP) is 3.16. The van der Waals surface area contributed by atoms with Crippen molar-refractivity contribution < 1.29 is 19.9 Å². The van der Waals surface area contributed by atoms with Crippen molar-refractivity contribution in [2.45, 2.75) is 0 Å². The summed E-state index contributed by atoms with van der Waals surface area (Å²) in [6, 6.07) is 12.6. The summed E-state index contributed by atoms with van der Waals surface area (Å²) >= 11 is 8.78. The van der Waals surface area contributed by atoms with Gasteiger partial charge in [-0.05, 0) is 12.1 Å². The van der Waals surface area contributed by atoms with Gasteiger partial charge in [-0.3, -0.25) is 4.98 Å². The fraction of sp³-hybridized carbons (Fsp3) is 0. The van der Waals surface area contributed by atoms with Crippen molar-refractivity contribution in [3.63, 3.8) is 0 Å². The fourth-order valence-electron chi connectivity index (χ4n) is 1.31. The van der Waals surface area contributed by atoms with Crippen molar-refractivity contribution in [1.29, 1.82) is 0 Å². The molecule has 0 saturated carbocycles. The van der Waals surface area contributed by atoms with Crippen molar-refractivity contribution in [2.24, 2.45) is 0 Å². The number of benzene rings is 1. The second kappa shape index (κ2) is 9.44. The molecule has 107 valence electrons. The Balaban J connectivity index is 0.000000956. The molecular formula is C13H10ClCuN3OS. The van der Waals surface area contributed by atoms with E-state index < -0.39 is 5.91 Å². The Labute approximate surface area is 135 Å². The zero-order valence-electron chi connectivity index (χ0n) is 10.1. The molecule has 0 radical (unpaired) electrons. The van der Waals surface area contributed by atoms with E-state index in [1.54, 1.807) is 18.3 Å². The molecule has 1 aromatic heterocycles. The number of carbonyl (C=O) groups is 1. The summed E-state index contributed by atoms with van der Waals surface area (Å²) in [7, 11) is 4.20. The molecule has 1 heterocycles. The molecule has 20 heavy (non-hydrogen) atoms. The van der Waals surface area contributed by atoms with Crippen LogP contribution in [-0.2, 0) is 15.1 Å². The maximum absolute atomic E-state index is 11.7. The van der Waals surface area contributed by atoms with Crippen LogP contribution in [-0.4, -0.2) is 15.9 Å². The fourth-order valence-corrected chi connectivity index (χ4v) is 1.49. The van der Waals surface area contributed by atoms with Gasteiger partial charge in [-0.2, -0.15) is 0 Å². The van der Waals surface area contributed by atoms with E-state index in [0.717, 1.165) is 5.56 Å². The molecule has 0 fully saturated rings. The van der Waals surface area contributed by atoms with Crippen LogP contribution in [0.2, 0.25) is 0 Å². The Morgan fingerprint density at radius 1 is 1.15 bits per heavy atom. The summed E-state index contributed by atoms with van der Waals surface area (Å²) in [5.74, 6) is -0.401. The predicted molar refractivity (Wildman–Crippen MR) is 79.1 cm³/mol. The van der Waals surface area contributed by atoms with Crippen LogP contribution in [0.3, 0.4) is 0 Å². The quantitative estimate of drug-likeness (QED) is 0.511. The molecule has 0 aliphatic carbocycles. The zero-order valence-corrected chi connectivity index (χ0v) is 12.6. The number of amides is 1. The van der Waals surface area contributed by atoms with Gasteiger partial charge in [-0.25, -0.2) is 0 Å². The SMILES string of the molecule is O=C([N-]NC(=S)c1ccccc1)c1cccnc1.[Cl][Cu+]. The molecule has 0 saturated heterocycles. The molecule has 0 aliphatic rings. The molecule has 1 aromatic carbocycles. The third-order valence-corrected chi connectivity index (χ3v) is 2.53. The van der Waals surface area contributed by atoms with Gasteiger partial charge in [0.25, 0.3) is 0 Å². The summed E-state index contributed by atoms with van der Waals surface area (Å²) in [6.07, 6.45) is 3.05. The summed E-state index contributed by atoms with van der Waals surface area (Å²) in [4.78, 5) is 15.9. The molecule has 2 aromatic rings. The molecule has 2 rings (SSSR count). The van der Waals surface area contributed by atoms with Crippen LogP contribution in [0.4, 0.5) is 0 Å². The van der Waals surface area contributed by atoms with Gasteiger partial charge in [-0.15, -0.1) is 0 Å². The summed E-state index contributed by atoms with van der Waals surface area (Å²) in [5.41, 5.74) is 7.51. The number of nitrogens with one attached hydrogen (secondary N) is 1. The zero-order chi connectivity index (χ0) is 14.8. The molecule has 4 nitrogen and oxygen atoms in total. The Hall–Kier alpha value is -1.46. The minimum absolute atomic E-state index is 0.401. The number of rotatable bonds is 2. The first-order chi connectivity index (χ1) is 9.77. The summed E-state index contributed by atoms with van der Waals surface area (Å²) < 4.78 is 0. The van der Waals surface area contributed by atoms with Gasteiger partial charge < -0.3 is 15.6 Å². The van der Waals surface area contributed by atoms with E-state index in [4.69, 9.17) is 12.2 Å². The van der Waals surface area contributed by atoms with Gasteiger partial charge in [0.05, 0.1) is 10.9 Å². The first-order valence-corrected chi connectivity index (χ1v) is 7.09. The summed E-state index contributed by atoms with van der Waals surface area (Å²) in [5, 5.41) is 0. The van der Waals surface area contributed by atoms with Crippen LogP contribution in [0, 0.1) is 0 Å². The molecule has 1 N–H and O–H groups in total. The topological polar surface area (TPSA) is 56.1 Å². The Kier molecular flexibility index (Phi) is 7.84. The second-order valence-corrected chi connectivity index (χ2v) is 3.87. The molecule has 0 atom stereocenters. The van der Waals surface area contributed by atoms with E-state index in [0.29, 0.717) is 10.6 Å². The van der Waals surface area contributed by atoms with Gasteiger partial charge >= 0.3 is 25.2 Å².